The first-order valence-electron chi connectivity index (χ1n) is 10.2. The Morgan fingerprint density at radius 3 is 2.20 bits per heavy atom. The van der Waals surface area contributed by atoms with Gasteiger partial charge < -0.3 is 10.2 Å². The number of carbonyl (C=O) groups excluding carboxylic acids is 2. The second-order valence-corrected chi connectivity index (χ2v) is 8.99. The highest BCUT2D eigenvalue weighted by atomic mass is 35.5. The number of hydrogen-bond acceptors (Lipinski definition) is 2. The molecular formula is C24H30Cl2N2O2. The number of aryl methyl sites for hydroxylation is 2. The molecular weight excluding hydrogens is 419 g/mol. The highest BCUT2D eigenvalue weighted by Crippen LogP contribution is 2.24. The van der Waals surface area contributed by atoms with Crippen LogP contribution >= 0.6 is 23.2 Å². The molecule has 0 saturated heterocycles. The molecule has 0 saturated carbocycles. The van der Waals surface area contributed by atoms with Gasteiger partial charge in [0, 0.05) is 13.1 Å². The molecule has 0 aliphatic carbocycles. The fourth-order valence-electron chi connectivity index (χ4n) is 3.06. The lowest BCUT2D eigenvalue weighted by atomic mass is 10.0. The predicted octanol–water partition coefficient (Wildman–Crippen LogP) is 5.34. The van der Waals surface area contributed by atoms with Crippen LogP contribution in [0.1, 0.15) is 43.0 Å². The first-order chi connectivity index (χ1) is 14.1. The number of nitrogens with zero attached hydrogens (tertiary/aromatic N) is 1. The van der Waals surface area contributed by atoms with Gasteiger partial charge in [0.25, 0.3) is 0 Å². The maximum atomic E-state index is 13.2. The third-order valence-electron chi connectivity index (χ3n) is 5.12. The SMILES string of the molecule is Cc1ccc(CC(=O)N(Cc2ccc(Cl)c(Cl)c2)[C@H](C)C(=O)NCC(C)C)cc1C. The van der Waals surface area contributed by atoms with Crippen molar-refractivity contribution in [2.75, 3.05) is 6.54 Å². The molecule has 2 rings (SSSR count). The number of nitrogens with one attached hydrogen (secondary N) is 1. The van der Waals surface area contributed by atoms with Crippen molar-refractivity contribution < 1.29 is 9.59 Å². The first-order valence-corrected chi connectivity index (χ1v) is 10.9. The summed E-state index contributed by atoms with van der Waals surface area (Å²) in [6.45, 7) is 10.7. The summed E-state index contributed by atoms with van der Waals surface area (Å²) in [6, 6.07) is 10.6. The third-order valence-corrected chi connectivity index (χ3v) is 5.85. The minimum absolute atomic E-state index is 0.114. The molecule has 0 unspecified atom stereocenters. The maximum Gasteiger partial charge on any atom is 0.242 e. The minimum Gasteiger partial charge on any atom is -0.354 e. The summed E-state index contributed by atoms with van der Waals surface area (Å²) in [5, 5.41) is 3.80. The molecule has 0 aliphatic heterocycles. The molecule has 0 aromatic heterocycles. The summed E-state index contributed by atoms with van der Waals surface area (Å²) in [6.07, 6.45) is 0.226. The molecule has 2 aromatic rings. The van der Waals surface area contributed by atoms with Crippen LogP contribution in [-0.2, 0) is 22.6 Å². The van der Waals surface area contributed by atoms with Gasteiger partial charge in [0.2, 0.25) is 11.8 Å². The monoisotopic (exact) mass is 448 g/mol. The van der Waals surface area contributed by atoms with E-state index in [0.717, 1.165) is 16.7 Å². The van der Waals surface area contributed by atoms with Crippen molar-refractivity contribution in [2.24, 2.45) is 5.92 Å². The molecule has 4 nitrogen and oxygen atoms in total. The van der Waals surface area contributed by atoms with E-state index in [1.54, 1.807) is 24.0 Å². The number of hydrogen-bond donors (Lipinski definition) is 1. The van der Waals surface area contributed by atoms with Gasteiger partial charge in [-0.2, -0.15) is 0 Å². The molecule has 30 heavy (non-hydrogen) atoms. The Morgan fingerprint density at radius 2 is 1.60 bits per heavy atom. The Kier molecular flexibility index (Phi) is 8.75. The van der Waals surface area contributed by atoms with Gasteiger partial charge >= 0.3 is 0 Å². The van der Waals surface area contributed by atoms with Crippen LogP contribution in [0.25, 0.3) is 0 Å². The quantitative estimate of drug-likeness (QED) is 0.591. The van der Waals surface area contributed by atoms with Crippen molar-refractivity contribution in [1.29, 1.82) is 0 Å². The Bertz CT molecular complexity index is 912. The summed E-state index contributed by atoms with van der Waals surface area (Å²) >= 11 is 12.2. The Balaban J connectivity index is 2.25. The lowest BCUT2D eigenvalue weighted by Gasteiger charge is -2.29. The van der Waals surface area contributed by atoms with Gasteiger partial charge in [-0.3, -0.25) is 9.59 Å². The van der Waals surface area contributed by atoms with Crippen molar-refractivity contribution in [3.63, 3.8) is 0 Å². The van der Waals surface area contributed by atoms with Gasteiger partial charge in [0.1, 0.15) is 6.04 Å². The van der Waals surface area contributed by atoms with Crippen LogP contribution in [-0.4, -0.2) is 29.3 Å². The van der Waals surface area contributed by atoms with Crippen molar-refractivity contribution in [3.05, 3.63) is 68.7 Å². The molecule has 6 heteroatoms. The summed E-state index contributed by atoms with van der Waals surface area (Å²) < 4.78 is 0. The van der Waals surface area contributed by atoms with Gasteiger partial charge in [0.05, 0.1) is 16.5 Å². The van der Waals surface area contributed by atoms with E-state index in [4.69, 9.17) is 23.2 Å². The van der Waals surface area contributed by atoms with E-state index in [2.05, 4.69) is 5.32 Å². The number of carbonyl (C=O) groups is 2. The lowest BCUT2D eigenvalue weighted by molar-refractivity contribution is -0.140. The van der Waals surface area contributed by atoms with E-state index in [1.807, 2.05) is 52.0 Å². The largest absolute Gasteiger partial charge is 0.354 e. The van der Waals surface area contributed by atoms with Crippen LogP contribution in [0.2, 0.25) is 10.0 Å². The summed E-state index contributed by atoms with van der Waals surface area (Å²) in [5.41, 5.74) is 4.07. The van der Waals surface area contributed by atoms with E-state index in [0.29, 0.717) is 22.5 Å². The fourth-order valence-corrected chi connectivity index (χ4v) is 3.38. The number of amides is 2. The summed E-state index contributed by atoms with van der Waals surface area (Å²) in [7, 11) is 0. The smallest absolute Gasteiger partial charge is 0.242 e. The van der Waals surface area contributed by atoms with E-state index >= 15 is 0 Å². The summed E-state index contributed by atoms with van der Waals surface area (Å²) in [5.74, 6) is 0.0460. The van der Waals surface area contributed by atoms with Crippen molar-refractivity contribution >= 4 is 35.0 Å². The Morgan fingerprint density at radius 1 is 0.933 bits per heavy atom. The van der Waals surface area contributed by atoms with Crippen molar-refractivity contribution in [3.8, 4) is 0 Å². The van der Waals surface area contributed by atoms with E-state index < -0.39 is 6.04 Å². The minimum atomic E-state index is -0.614. The Hall–Kier alpha value is -2.04. The number of halogens is 2. The average molecular weight is 449 g/mol. The molecule has 0 aliphatic rings. The molecule has 1 N–H and O–H groups in total. The van der Waals surface area contributed by atoms with Crippen molar-refractivity contribution in [1.82, 2.24) is 10.2 Å². The lowest BCUT2D eigenvalue weighted by Crippen LogP contribution is -2.48. The van der Waals surface area contributed by atoms with Crippen molar-refractivity contribution in [2.45, 2.75) is 53.6 Å². The zero-order chi connectivity index (χ0) is 22.4. The standard InChI is InChI=1S/C24H30Cl2N2O2/c1-15(2)13-27-24(30)18(5)28(14-20-8-9-21(25)22(26)11-20)23(29)12-19-7-6-16(3)17(4)10-19/h6-11,15,18H,12-14H2,1-5H3,(H,27,30)/t18-/m1/s1. The topological polar surface area (TPSA) is 49.4 Å². The third kappa shape index (κ3) is 6.75. The Labute approximate surface area is 189 Å². The molecule has 0 radical (unpaired) electrons. The van der Waals surface area contributed by atoms with Gasteiger partial charge in [-0.25, -0.2) is 0 Å². The van der Waals surface area contributed by atoms with Gasteiger partial charge in [-0.15, -0.1) is 0 Å². The van der Waals surface area contributed by atoms with E-state index in [9.17, 15) is 9.59 Å². The molecule has 0 bridgehead atoms. The summed E-state index contributed by atoms with van der Waals surface area (Å²) in [4.78, 5) is 27.5. The van der Waals surface area contributed by atoms with Crippen LogP contribution in [0.15, 0.2) is 36.4 Å². The average Bonchev–Trinajstić information content (AvgIpc) is 2.69. The maximum absolute atomic E-state index is 13.2. The fraction of sp³-hybridized carbons (Fsp3) is 0.417. The normalized spacial score (nSPS) is 12.0. The van der Waals surface area contributed by atoms with Crippen LogP contribution < -0.4 is 5.32 Å². The molecule has 2 aromatic carbocycles. The molecule has 1 atom stereocenters. The molecule has 0 fully saturated rings. The zero-order valence-electron chi connectivity index (χ0n) is 18.3. The number of benzene rings is 2. The van der Waals surface area contributed by atoms with E-state index in [-0.39, 0.29) is 24.8 Å². The molecule has 0 heterocycles. The molecule has 162 valence electrons. The zero-order valence-corrected chi connectivity index (χ0v) is 19.8. The van der Waals surface area contributed by atoms with Crippen LogP contribution in [0.3, 0.4) is 0 Å². The second-order valence-electron chi connectivity index (χ2n) is 8.18. The first kappa shape index (κ1) is 24.2. The van der Waals surface area contributed by atoms with Crippen LogP contribution in [0.5, 0.6) is 0 Å². The molecule has 2 amide bonds. The highest BCUT2D eigenvalue weighted by Gasteiger charge is 2.26. The van der Waals surface area contributed by atoms with Crippen LogP contribution in [0.4, 0.5) is 0 Å². The van der Waals surface area contributed by atoms with Crippen LogP contribution in [0, 0.1) is 19.8 Å². The second kappa shape index (κ2) is 10.8. The van der Waals surface area contributed by atoms with E-state index in [1.165, 1.54) is 5.56 Å². The molecule has 0 spiro atoms. The number of rotatable bonds is 8. The predicted molar refractivity (Wildman–Crippen MR) is 124 cm³/mol. The highest BCUT2D eigenvalue weighted by molar-refractivity contribution is 6.42. The van der Waals surface area contributed by atoms with Gasteiger partial charge in [-0.1, -0.05) is 61.3 Å². The van der Waals surface area contributed by atoms with Gasteiger partial charge in [0.15, 0.2) is 0 Å². The van der Waals surface area contributed by atoms with Gasteiger partial charge in [-0.05, 0) is 61.1 Å².